The van der Waals surface area contributed by atoms with Gasteiger partial charge in [-0.25, -0.2) is 0 Å². The molecule has 0 fully saturated rings. The third-order valence-electron chi connectivity index (χ3n) is 2.71. The zero-order chi connectivity index (χ0) is 14.4. The van der Waals surface area contributed by atoms with Crippen molar-refractivity contribution in [2.75, 3.05) is 0 Å². The number of aryl methyl sites for hydroxylation is 2. The van der Waals surface area contributed by atoms with E-state index in [-0.39, 0.29) is 0 Å². The van der Waals surface area contributed by atoms with Gasteiger partial charge in [0.15, 0.2) is 0 Å². The Morgan fingerprint density at radius 3 is 1.72 bits per heavy atom. The summed E-state index contributed by atoms with van der Waals surface area (Å²) in [6.07, 6.45) is 0. The highest BCUT2D eigenvalue weighted by Crippen LogP contribution is 2.72. The predicted molar refractivity (Wildman–Crippen MR) is 63.9 cm³/mol. The molecule has 102 valence electrons. The van der Waals surface area contributed by atoms with Gasteiger partial charge in [0, 0.05) is 5.56 Å². The average Bonchev–Trinajstić information content (AvgIpc) is 2.17. The van der Waals surface area contributed by atoms with Crippen molar-refractivity contribution in [1.82, 2.24) is 0 Å². The Bertz CT molecular complexity index is 534. The van der Waals surface area contributed by atoms with Gasteiger partial charge in [-0.05, 0) is 25.0 Å². The van der Waals surface area contributed by atoms with Crippen LogP contribution in [0.25, 0.3) is 0 Å². The zero-order valence-electron chi connectivity index (χ0n) is 9.68. The van der Waals surface area contributed by atoms with Crippen LogP contribution in [0.1, 0.15) is 16.7 Å². The molecule has 0 saturated heterocycles. The smallest absolute Gasteiger partial charge is 0.364 e. The van der Waals surface area contributed by atoms with Crippen molar-refractivity contribution >= 4 is 15.2 Å². The number of rotatable bonds is 3. The zero-order valence-corrected chi connectivity index (χ0v) is 11.5. The van der Waals surface area contributed by atoms with Crippen LogP contribution < -0.4 is 0 Å². The van der Waals surface area contributed by atoms with Gasteiger partial charge < -0.3 is 24.7 Å². The summed E-state index contributed by atoms with van der Waals surface area (Å²) in [4.78, 5) is 36.2. The summed E-state index contributed by atoms with van der Waals surface area (Å²) in [7, 11) is -10.9. The summed E-state index contributed by atoms with van der Waals surface area (Å²) >= 11 is 0. The molecule has 0 atom stereocenters. The Labute approximate surface area is 103 Å². The summed E-state index contributed by atoms with van der Waals surface area (Å²) < 4.78 is 22.5. The van der Waals surface area contributed by atoms with Gasteiger partial charge in [0.25, 0.3) is 5.08 Å². The van der Waals surface area contributed by atoms with Crippen LogP contribution in [-0.2, 0) is 14.2 Å². The van der Waals surface area contributed by atoms with Gasteiger partial charge in [0.1, 0.15) is 0 Å². The van der Waals surface area contributed by atoms with Crippen molar-refractivity contribution in [2.45, 2.75) is 18.9 Å². The van der Waals surface area contributed by atoms with Gasteiger partial charge >= 0.3 is 15.2 Å². The van der Waals surface area contributed by atoms with Crippen molar-refractivity contribution in [3.05, 3.63) is 34.9 Å². The number of benzene rings is 1. The van der Waals surface area contributed by atoms with Gasteiger partial charge in [-0.3, -0.25) is 9.13 Å². The summed E-state index contributed by atoms with van der Waals surface area (Å²) in [5.41, 5.74) is 0.803. The highest BCUT2D eigenvalue weighted by molar-refractivity contribution is 7.71. The number of hydrogen-bond acceptors (Lipinski definition) is 3. The van der Waals surface area contributed by atoms with Gasteiger partial charge in [-0.1, -0.05) is 18.2 Å². The molecule has 0 radical (unpaired) electrons. The molecule has 5 N–H and O–H groups in total. The Hall–Kier alpha value is -0.520. The Kier molecular flexibility index (Phi) is 3.92. The minimum atomic E-state index is -5.47. The molecule has 1 aromatic carbocycles. The molecule has 0 bridgehead atoms. The van der Waals surface area contributed by atoms with Crippen LogP contribution in [0.4, 0.5) is 0 Å². The minimum Gasteiger partial charge on any atom is -0.364 e. The van der Waals surface area contributed by atoms with Crippen molar-refractivity contribution in [2.24, 2.45) is 0 Å². The monoisotopic (exact) mass is 296 g/mol. The molecule has 7 nitrogen and oxygen atoms in total. The predicted octanol–water partition coefficient (Wildman–Crippen LogP) is 0.761. The first-order valence-electron chi connectivity index (χ1n) is 4.82. The molecule has 0 amide bonds. The van der Waals surface area contributed by atoms with Crippen LogP contribution in [0, 0.1) is 13.8 Å². The van der Waals surface area contributed by atoms with E-state index in [2.05, 4.69) is 0 Å². The molecule has 0 spiro atoms. The average molecular weight is 296 g/mol. The van der Waals surface area contributed by atoms with Gasteiger partial charge in [-0.15, -0.1) is 0 Å². The summed E-state index contributed by atoms with van der Waals surface area (Å²) in [6, 6.07) is 3.65. The van der Waals surface area contributed by atoms with Crippen molar-refractivity contribution < 1.29 is 33.8 Å². The van der Waals surface area contributed by atoms with Crippen molar-refractivity contribution in [3.8, 4) is 0 Å². The molecule has 0 aliphatic rings. The standard InChI is InChI=1S/C9H14O7P2/c1-6-3-4-8(5-7(6)2)9(10,17(11,12)13)18(14,15)16/h3-5,10H,1-2H3,(H2,11,12,13)(H2,14,15,16). The maximum atomic E-state index is 11.2. The molecule has 0 aliphatic heterocycles. The third kappa shape index (κ3) is 2.44. The highest BCUT2D eigenvalue weighted by Gasteiger charge is 2.60. The van der Waals surface area contributed by atoms with E-state index in [1.807, 2.05) is 0 Å². The first-order chi connectivity index (χ1) is 7.91. The van der Waals surface area contributed by atoms with Crippen LogP contribution in [0.2, 0.25) is 0 Å². The van der Waals surface area contributed by atoms with Crippen molar-refractivity contribution in [1.29, 1.82) is 0 Å². The first kappa shape index (κ1) is 15.5. The Morgan fingerprint density at radius 2 is 1.39 bits per heavy atom. The van der Waals surface area contributed by atoms with Gasteiger partial charge in [0.05, 0.1) is 0 Å². The van der Waals surface area contributed by atoms with Crippen LogP contribution in [-0.4, -0.2) is 24.7 Å². The van der Waals surface area contributed by atoms with Crippen LogP contribution >= 0.6 is 15.2 Å². The number of hydrogen-bond donors (Lipinski definition) is 5. The van der Waals surface area contributed by atoms with E-state index in [0.29, 0.717) is 5.56 Å². The molecule has 0 aliphatic carbocycles. The molecule has 0 heterocycles. The molecule has 0 saturated carbocycles. The Morgan fingerprint density at radius 1 is 0.944 bits per heavy atom. The fraction of sp³-hybridized carbons (Fsp3) is 0.333. The lowest BCUT2D eigenvalue weighted by molar-refractivity contribution is 0.131. The lowest BCUT2D eigenvalue weighted by atomic mass is 10.1. The maximum Gasteiger partial charge on any atom is 0.374 e. The van der Waals surface area contributed by atoms with E-state index < -0.39 is 25.8 Å². The SMILES string of the molecule is Cc1ccc(C(O)(P(=O)(O)O)P(=O)(O)O)cc1C. The molecule has 0 unspecified atom stereocenters. The normalized spacial score (nSPS) is 13.7. The molecule has 18 heavy (non-hydrogen) atoms. The third-order valence-corrected chi connectivity index (χ3v) is 6.41. The Balaban J connectivity index is 3.61. The van der Waals surface area contributed by atoms with Crippen molar-refractivity contribution in [3.63, 3.8) is 0 Å². The summed E-state index contributed by atoms with van der Waals surface area (Å²) in [5.74, 6) is 0. The van der Waals surface area contributed by atoms with Gasteiger partial charge in [0.2, 0.25) is 0 Å². The number of aliphatic hydroxyl groups is 1. The van der Waals surface area contributed by atoms with Gasteiger partial charge in [-0.2, -0.15) is 0 Å². The topological polar surface area (TPSA) is 135 Å². The molecule has 9 heteroatoms. The van der Waals surface area contributed by atoms with E-state index in [9.17, 15) is 14.2 Å². The summed E-state index contributed by atoms with van der Waals surface area (Å²) in [5, 5.41) is 6.33. The fourth-order valence-corrected chi connectivity index (χ4v) is 3.76. The van der Waals surface area contributed by atoms with E-state index in [1.54, 1.807) is 13.8 Å². The lowest BCUT2D eigenvalue weighted by Crippen LogP contribution is -2.26. The van der Waals surface area contributed by atoms with Crippen LogP contribution in [0.3, 0.4) is 0 Å². The van der Waals surface area contributed by atoms with E-state index in [1.165, 1.54) is 6.07 Å². The molecule has 0 aromatic heterocycles. The fourth-order valence-electron chi connectivity index (χ4n) is 1.46. The molecular weight excluding hydrogens is 282 g/mol. The lowest BCUT2D eigenvalue weighted by Gasteiger charge is -2.29. The quantitative estimate of drug-likeness (QED) is 0.519. The first-order valence-corrected chi connectivity index (χ1v) is 8.05. The summed E-state index contributed by atoms with van der Waals surface area (Å²) in [6.45, 7) is 3.31. The minimum absolute atomic E-state index is 0.507. The largest absolute Gasteiger partial charge is 0.374 e. The maximum absolute atomic E-state index is 11.2. The molecular formula is C9H14O7P2. The second kappa shape index (κ2) is 4.54. The van der Waals surface area contributed by atoms with E-state index in [4.69, 9.17) is 19.6 Å². The second-order valence-electron chi connectivity index (χ2n) is 4.02. The molecule has 1 rings (SSSR count). The van der Waals surface area contributed by atoms with E-state index in [0.717, 1.165) is 17.7 Å². The highest BCUT2D eigenvalue weighted by atomic mass is 31.2. The van der Waals surface area contributed by atoms with Crippen LogP contribution in [0.15, 0.2) is 18.2 Å². The molecule has 1 aromatic rings. The van der Waals surface area contributed by atoms with E-state index >= 15 is 0 Å². The van der Waals surface area contributed by atoms with Crippen LogP contribution in [0.5, 0.6) is 0 Å². The second-order valence-corrected chi connectivity index (χ2v) is 7.85.